The van der Waals surface area contributed by atoms with Crippen LogP contribution in [0, 0.1) is 16.0 Å². The van der Waals surface area contributed by atoms with Crippen LogP contribution in [0.25, 0.3) is 0 Å². The minimum atomic E-state index is -0.318. The number of benzene rings is 1. The zero-order valence-corrected chi connectivity index (χ0v) is 14.6. The molecule has 136 valence electrons. The van der Waals surface area contributed by atoms with Crippen molar-refractivity contribution in [2.45, 2.75) is 64.1 Å². The molecule has 1 aromatic carbocycles. The summed E-state index contributed by atoms with van der Waals surface area (Å²) >= 11 is 0. The molecule has 25 heavy (non-hydrogen) atoms. The SMILES string of the molecule is O=[N+]([O-])c1cc2c(c(CN3CCC[C@H]3C3CCCCC3)c1)OCOC2. The molecule has 4 rings (SSSR count). The molecule has 1 atom stereocenters. The van der Waals surface area contributed by atoms with Gasteiger partial charge in [0.05, 0.1) is 11.5 Å². The van der Waals surface area contributed by atoms with E-state index in [0.717, 1.165) is 35.9 Å². The van der Waals surface area contributed by atoms with Crippen LogP contribution in [0.15, 0.2) is 12.1 Å². The van der Waals surface area contributed by atoms with Crippen molar-refractivity contribution in [3.63, 3.8) is 0 Å². The van der Waals surface area contributed by atoms with E-state index in [2.05, 4.69) is 4.90 Å². The second-order valence-corrected chi connectivity index (χ2v) is 7.54. The van der Waals surface area contributed by atoms with Gasteiger partial charge in [-0.25, -0.2) is 0 Å². The molecule has 0 radical (unpaired) electrons. The number of nitrogens with zero attached hydrogens (tertiary/aromatic N) is 2. The van der Waals surface area contributed by atoms with Gasteiger partial charge in [-0.1, -0.05) is 19.3 Å². The lowest BCUT2D eigenvalue weighted by molar-refractivity contribution is -0.385. The zero-order valence-electron chi connectivity index (χ0n) is 14.6. The Hall–Kier alpha value is -1.66. The number of hydrogen-bond acceptors (Lipinski definition) is 5. The van der Waals surface area contributed by atoms with Gasteiger partial charge in [-0.3, -0.25) is 15.0 Å². The third kappa shape index (κ3) is 3.51. The van der Waals surface area contributed by atoms with Crippen LogP contribution in [0.4, 0.5) is 5.69 Å². The smallest absolute Gasteiger partial charge is 0.270 e. The Bertz CT molecular complexity index is 643. The topological polar surface area (TPSA) is 64.8 Å². The molecule has 2 aliphatic heterocycles. The summed E-state index contributed by atoms with van der Waals surface area (Å²) in [6, 6.07) is 3.90. The molecule has 2 heterocycles. The molecular formula is C19H26N2O4. The molecule has 6 heteroatoms. The first-order valence-corrected chi connectivity index (χ1v) is 9.47. The average molecular weight is 346 g/mol. The largest absolute Gasteiger partial charge is 0.467 e. The lowest BCUT2D eigenvalue weighted by Crippen LogP contribution is -2.36. The van der Waals surface area contributed by atoms with Crippen LogP contribution in [0.1, 0.15) is 56.1 Å². The van der Waals surface area contributed by atoms with E-state index in [9.17, 15) is 10.1 Å². The number of fused-ring (bicyclic) bond motifs is 1. The Morgan fingerprint density at radius 2 is 2.00 bits per heavy atom. The number of nitro groups is 1. The maximum Gasteiger partial charge on any atom is 0.270 e. The molecule has 0 spiro atoms. The first-order chi connectivity index (χ1) is 12.2. The number of rotatable bonds is 4. The Morgan fingerprint density at radius 3 is 2.80 bits per heavy atom. The van der Waals surface area contributed by atoms with Gasteiger partial charge in [-0.2, -0.15) is 0 Å². The van der Waals surface area contributed by atoms with E-state index in [1.54, 1.807) is 12.1 Å². The van der Waals surface area contributed by atoms with Crippen LogP contribution in [-0.2, 0) is 17.9 Å². The van der Waals surface area contributed by atoms with Crippen molar-refractivity contribution < 1.29 is 14.4 Å². The third-order valence-electron chi connectivity index (χ3n) is 5.96. The van der Waals surface area contributed by atoms with E-state index in [1.165, 1.54) is 44.9 Å². The summed E-state index contributed by atoms with van der Waals surface area (Å²) in [5.74, 6) is 1.58. The van der Waals surface area contributed by atoms with E-state index in [1.807, 2.05) is 0 Å². The number of ether oxygens (including phenoxy) is 2. The van der Waals surface area contributed by atoms with E-state index in [-0.39, 0.29) is 17.4 Å². The highest BCUT2D eigenvalue weighted by Gasteiger charge is 2.33. The maximum absolute atomic E-state index is 11.3. The molecule has 1 aliphatic carbocycles. The van der Waals surface area contributed by atoms with Crippen LogP contribution in [0.3, 0.4) is 0 Å². The number of hydrogen-bond donors (Lipinski definition) is 0. The molecule has 0 aromatic heterocycles. The summed E-state index contributed by atoms with van der Waals surface area (Å²) < 4.78 is 11.0. The zero-order chi connectivity index (χ0) is 17.2. The summed E-state index contributed by atoms with van der Waals surface area (Å²) in [6.45, 7) is 2.43. The van der Waals surface area contributed by atoms with Crippen molar-refractivity contribution in [3.05, 3.63) is 33.4 Å². The van der Waals surface area contributed by atoms with Crippen LogP contribution >= 0.6 is 0 Å². The molecule has 6 nitrogen and oxygen atoms in total. The normalized spacial score (nSPS) is 24.7. The lowest BCUT2D eigenvalue weighted by Gasteiger charge is -2.34. The van der Waals surface area contributed by atoms with Gasteiger partial charge in [0.2, 0.25) is 0 Å². The van der Waals surface area contributed by atoms with Crippen LogP contribution in [0.5, 0.6) is 5.75 Å². The first-order valence-electron chi connectivity index (χ1n) is 9.47. The minimum Gasteiger partial charge on any atom is -0.467 e. The molecule has 2 fully saturated rings. The predicted molar refractivity (Wildman–Crippen MR) is 93.4 cm³/mol. The highest BCUT2D eigenvalue weighted by Crippen LogP contribution is 2.38. The molecule has 1 saturated carbocycles. The van der Waals surface area contributed by atoms with E-state index < -0.39 is 0 Å². The van der Waals surface area contributed by atoms with Crippen molar-refractivity contribution >= 4 is 5.69 Å². The summed E-state index contributed by atoms with van der Waals surface area (Å²) in [5.41, 5.74) is 1.87. The molecule has 1 aromatic rings. The third-order valence-corrected chi connectivity index (χ3v) is 5.96. The van der Waals surface area contributed by atoms with E-state index in [4.69, 9.17) is 9.47 Å². The fraction of sp³-hybridized carbons (Fsp3) is 0.684. The van der Waals surface area contributed by atoms with Crippen molar-refractivity contribution in [2.24, 2.45) is 5.92 Å². The molecular weight excluding hydrogens is 320 g/mol. The van der Waals surface area contributed by atoms with Gasteiger partial charge in [0.25, 0.3) is 5.69 Å². The van der Waals surface area contributed by atoms with Crippen LogP contribution in [-0.4, -0.2) is 29.2 Å². The second kappa shape index (κ2) is 7.30. The van der Waals surface area contributed by atoms with Gasteiger partial charge in [0.1, 0.15) is 5.75 Å². The fourth-order valence-electron chi connectivity index (χ4n) is 4.82. The van der Waals surface area contributed by atoms with Crippen molar-refractivity contribution in [1.82, 2.24) is 4.90 Å². The van der Waals surface area contributed by atoms with Gasteiger partial charge in [0, 0.05) is 35.8 Å². The van der Waals surface area contributed by atoms with Crippen LogP contribution in [0.2, 0.25) is 0 Å². The standard InChI is InChI=1S/C19H26N2O4/c22-21(23)17-9-15(19-16(10-17)12-24-13-25-19)11-20-8-4-7-18(20)14-5-2-1-3-6-14/h9-10,14,18H,1-8,11-13H2/t18-/m0/s1. The lowest BCUT2D eigenvalue weighted by atomic mass is 9.83. The minimum absolute atomic E-state index is 0.135. The molecule has 3 aliphatic rings. The monoisotopic (exact) mass is 346 g/mol. The average Bonchev–Trinajstić information content (AvgIpc) is 3.10. The van der Waals surface area contributed by atoms with Gasteiger partial charge in [0.15, 0.2) is 6.79 Å². The Balaban J connectivity index is 1.58. The predicted octanol–water partition coefficient (Wildman–Crippen LogP) is 4.01. The molecule has 0 amide bonds. The van der Waals surface area contributed by atoms with Crippen molar-refractivity contribution in [2.75, 3.05) is 13.3 Å². The van der Waals surface area contributed by atoms with E-state index >= 15 is 0 Å². The fourth-order valence-corrected chi connectivity index (χ4v) is 4.82. The first kappa shape index (κ1) is 16.8. The van der Waals surface area contributed by atoms with Crippen molar-refractivity contribution in [3.8, 4) is 5.75 Å². The highest BCUT2D eigenvalue weighted by atomic mass is 16.7. The second-order valence-electron chi connectivity index (χ2n) is 7.54. The molecule has 0 bridgehead atoms. The quantitative estimate of drug-likeness (QED) is 0.609. The number of non-ortho nitro benzene ring substituents is 1. The Morgan fingerprint density at radius 1 is 1.16 bits per heavy atom. The van der Waals surface area contributed by atoms with Crippen molar-refractivity contribution in [1.29, 1.82) is 0 Å². The Labute approximate surface area is 148 Å². The highest BCUT2D eigenvalue weighted by molar-refractivity contribution is 5.50. The molecule has 0 N–H and O–H groups in total. The van der Waals surface area contributed by atoms with Gasteiger partial charge >= 0.3 is 0 Å². The number of likely N-dealkylation sites (tertiary alicyclic amines) is 1. The summed E-state index contributed by atoms with van der Waals surface area (Å²) in [7, 11) is 0. The van der Waals surface area contributed by atoms with Gasteiger partial charge in [-0.05, 0) is 38.1 Å². The summed E-state index contributed by atoms with van der Waals surface area (Å²) in [6.07, 6.45) is 9.21. The van der Waals surface area contributed by atoms with Gasteiger partial charge in [-0.15, -0.1) is 0 Å². The maximum atomic E-state index is 11.3. The summed E-state index contributed by atoms with van der Waals surface area (Å²) in [5, 5.41) is 11.3. The van der Waals surface area contributed by atoms with Crippen LogP contribution < -0.4 is 4.74 Å². The Kier molecular flexibility index (Phi) is 4.90. The summed E-state index contributed by atoms with van der Waals surface area (Å²) in [4.78, 5) is 13.5. The molecule has 1 saturated heterocycles. The molecule has 0 unspecified atom stereocenters. The van der Waals surface area contributed by atoms with E-state index in [0.29, 0.717) is 12.6 Å². The number of nitro benzene ring substituents is 1. The van der Waals surface area contributed by atoms with Gasteiger partial charge < -0.3 is 9.47 Å².